The van der Waals surface area contributed by atoms with Gasteiger partial charge in [-0.3, -0.25) is 19.3 Å². The van der Waals surface area contributed by atoms with E-state index in [1.807, 2.05) is 0 Å². The van der Waals surface area contributed by atoms with Gasteiger partial charge in [0.1, 0.15) is 29.7 Å². The molecule has 1 fully saturated rings. The van der Waals surface area contributed by atoms with Crippen molar-refractivity contribution in [2.24, 2.45) is 7.05 Å². The lowest BCUT2D eigenvalue weighted by Gasteiger charge is -2.49. The Balaban J connectivity index is 1.47. The zero-order valence-electron chi connectivity index (χ0n) is 19.9. The number of nitrogens with one attached hydrogen (secondary N) is 2. The maximum absolute atomic E-state index is 13.2. The Bertz CT molecular complexity index is 1300. The van der Waals surface area contributed by atoms with Crippen LogP contribution in [0.25, 0.3) is 0 Å². The summed E-state index contributed by atoms with van der Waals surface area (Å²) in [5, 5.41) is 36.6. The molecule has 0 bridgehead atoms. The number of fused-ring (bicyclic) bond motifs is 1. The highest BCUT2D eigenvalue weighted by atomic mass is 32.2. The lowest BCUT2D eigenvalue weighted by atomic mass is 10.0. The number of carbonyl (C=O) groups is 5. The van der Waals surface area contributed by atoms with Crippen molar-refractivity contribution in [2.75, 3.05) is 25.1 Å². The van der Waals surface area contributed by atoms with E-state index in [0.717, 1.165) is 9.80 Å². The van der Waals surface area contributed by atoms with Crippen molar-refractivity contribution in [1.29, 1.82) is 0 Å². The quantitative estimate of drug-likeness (QED) is 0.208. The number of likely N-dealkylation sites (N-methyl/N-ethyl adjacent to an activating group) is 1. The molecule has 2 aromatic rings. The number of aryl methyl sites for hydroxylation is 1. The third kappa shape index (κ3) is 5.60. The minimum Gasteiger partial charge on any atom is -0.480 e. The minimum atomic E-state index is -1.26. The highest BCUT2D eigenvalue weighted by Crippen LogP contribution is 2.41. The second-order valence-electron chi connectivity index (χ2n) is 8.17. The van der Waals surface area contributed by atoms with E-state index in [4.69, 9.17) is 5.11 Å². The number of urea groups is 1. The van der Waals surface area contributed by atoms with Crippen LogP contribution in [-0.2, 0) is 26.2 Å². The Morgan fingerprint density at radius 3 is 2.68 bits per heavy atom. The molecule has 15 nitrogen and oxygen atoms in total. The summed E-state index contributed by atoms with van der Waals surface area (Å²) in [6.07, 6.45) is 0. The summed E-state index contributed by atoms with van der Waals surface area (Å²) in [7, 11) is 2.93. The fourth-order valence-corrected chi connectivity index (χ4v) is 6.86. The number of rotatable bonds is 10. The molecular formula is C20H22N8O7S3. The molecule has 4 amide bonds. The van der Waals surface area contributed by atoms with Crippen molar-refractivity contribution in [3.63, 3.8) is 0 Å². The van der Waals surface area contributed by atoms with Crippen LogP contribution < -0.4 is 10.6 Å². The number of carboxylic acids is 2. The van der Waals surface area contributed by atoms with Gasteiger partial charge in [0.15, 0.2) is 0 Å². The molecule has 0 saturated carbocycles. The number of hydrogen-bond acceptors (Lipinski definition) is 11. The molecule has 3 atom stereocenters. The van der Waals surface area contributed by atoms with Crippen LogP contribution in [0.3, 0.4) is 0 Å². The first-order chi connectivity index (χ1) is 18.1. The summed E-state index contributed by atoms with van der Waals surface area (Å²) in [5.41, 5.74) is 0.389. The molecule has 202 valence electrons. The highest BCUT2D eigenvalue weighted by molar-refractivity contribution is 8.01. The highest BCUT2D eigenvalue weighted by Gasteiger charge is 2.54. The van der Waals surface area contributed by atoms with E-state index in [1.165, 1.54) is 46.6 Å². The Labute approximate surface area is 227 Å². The number of hydrogen-bond donors (Lipinski definition) is 4. The van der Waals surface area contributed by atoms with Crippen LogP contribution in [0.4, 0.5) is 4.79 Å². The molecule has 0 radical (unpaired) electrons. The second kappa shape index (κ2) is 11.4. The number of β-lactam (4-membered cyclic amide) rings is 1. The number of thiophene rings is 1. The van der Waals surface area contributed by atoms with Crippen LogP contribution in [0, 0.1) is 0 Å². The first-order valence-electron chi connectivity index (χ1n) is 10.9. The van der Waals surface area contributed by atoms with Gasteiger partial charge in [-0.1, -0.05) is 17.8 Å². The van der Waals surface area contributed by atoms with Crippen LogP contribution in [0.5, 0.6) is 0 Å². The number of tetrazole rings is 1. The molecule has 18 heteroatoms. The van der Waals surface area contributed by atoms with Gasteiger partial charge in [0.25, 0.3) is 5.91 Å². The molecule has 4 N–H and O–H groups in total. The van der Waals surface area contributed by atoms with Crippen molar-refractivity contribution >= 4 is 64.6 Å². The minimum absolute atomic E-state index is 0.134. The predicted octanol–water partition coefficient (Wildman–Crippen LogP) is -0.430. The summed E-state index contributed by atoms with van der Waals surface area (Å²) in [6, 6.07) is 0.330. The van der Waals surface area contributed by atoms with Crippen LogP contribution in [0.2, 0.25) is 0 Å². The molecule has 2 unspecified atom stereocenters. The Morgan fingerprint density at radius 1 is 1.32 bits per heavy atom. The van der Waals surface area contributed by atoms with Gasteiger partial charge >= 0.3 is 18.0 Å². The molecule has 38 heavy (non-hydrogen) atoms. The molecule has 1 saturated heterocycles. The Morgan fingerprint density at radius 2 is 2.08 bits per heavy atom. The largest absolute Gasteiger partial charge is 0.480 e. The molecule has 2 aliphatic rings. The Hall–Kier alpha value is -3.64. The topological polar surface area (TPSA) is 200 Å². The summed E-state index contributed by atoms with van der Waals surface area (Å²) in [6.45, 7) is -0.572. The Kier molecular flexibility index (Phi) is 8.22. The zero-order valence-corrected chi connectivity index (χ0v) is 22.4. The molecule has 0 aromatic carbocycles. The fraction of sp³-hybridized carbons (Fsp3) is 0.400. The van der Waals surface area contributed by atoms with E-state index in [2.05, 4.69) is 26.2 Å². The fourth-order valence-electron chi connectivity index (χ4n) is 3.76. The van der Waals surface area contributed by atoms with Gasteiger partial charge in [-0.2, -0.15) is 0 Å². The number of nitrogens with zero attached hydrogens (tertiary/aromatic N) is 6. The van der Waals surface area contributed by atoms with E-state index in [1.54, 1.807) is 24.6 Å². The lowest BCUT2D eigenvalue weighted by molar-refractivity contribution is -0.150. The van der Waals surface area contributed by atoms with Gasteiger partial charge in [0, 0.05) is 30.5 Å². The van der Waals surface area contributed by atoms with Crippen LogP contribution in [0.1, 0.15) is 10.9 Å². The van der Waals surface area contributed by atoms with Crippen LogP contribution in [-0.4, -0.2) is 107 Å². The van der Waals surface area contributed by atoms with E-state index in [0.29, 0.717) is 21.4 Å². The summed E-state index contributed by atoms with van der Waals surface area (Å²) >= 11 is 3.75. The number of aromatic nitrogens is 4. The van der Waals surface area contributed by atoms with Gasteiger partial charge < -0.3 is 25.7 Å². The number of aliphatic carboxylic acids is 2. The molecule has 2 aromatic heterocycles. The molecule has 0 aliphatic carbocycles. The van der Waals surface area contributed by atoms with Gasteiger partial charge in [0.05, 0.1) is 0 Å². The molecule has 2 aliphatic heterocycles. The van der Waals surface area contributed by atoms with Gasteiger partial charge in [-0.05, 0) is 27.4 Å². The van der Waals surface area contributed by atoms with Crippen LogP contribution in [0.15, 0.2) is 33.9 Å². The van der Waals surface area contributed by atoms with Crippen molar-refractivity contribution in [1.82, 2.24) is 40.6 Å². The smallest absolute Gasteiger partial charge is 0.352 e. The summed E-state index contributed by atoms with van der Waals surface area (Å²) in [5.74, 6) is -3.18. The van der Waals surface area contributed by atoms with Crippen molar-refractivity contribution in [3.05, 3.63) is 33.7 Å². The number of carboxylic acid groups (broad SMARTS) is 2. The number of amides is 4. The van der Waals surface area contributed by atoms with E-state index in [-0.39, 0.29) is 11.4 Å². The van der Waals surface area contributed by atoms with E-state index >= 15 is 0 Å². The van der Waals surface area contributed by atoms with Gasteiger partial charge in [0.2, 0.25) is 11.1 Å². The monoisotopic (exact) mass is 582 g/mol. The van der Waals surface area contributed by atoms with Crippen molar-refractivity contribution < 1.29 is 34.2 Å². The van der Waals surface area contributed by atoms with Crippen LogP contribution >= 0.6 is 34.9 Å². The maximum Gasteiger partial charge on any atom is 0.352 e. The lowest BCUT2D eigenvalue weighted by Crippen LogP contribution is -2.71. The third-order valence-corrected chi connectivity index (χ3v) is 8.95. The maximum atomic E-state index is 13.2. The first-order valence-corrected chi connectivity index (χ1v) is 13.8. The second-order valence-corrected chi connectivity index (χ2v) is 11.2. The number of carbonyl (C=O) groups excluding carboxylic acids is 3. The standard InChI is InChI=1S/C20H22N8O7S3/c1-26(6-11(29)30)19(35)22-12(10-4-3-5-36-10)15(31)21-13-16(32)28-14(18(33)34)9(7-37-17(13)28)8-38-20-23-24-25-27(20)2/h3-5,12-13,17H,6-8H2,1-2H3,(H,21,31)(H,22,35)(H,29,30)(H,33,34)/t12?,13-,17?/m0/s1. The molecule has 4 rings (SSSR count). The average Bonchev–Trinajstić information content (AvgIpc) is 3.54. The molecule has 4 heterocycles. The van der Waals surface area contributed by atoms with E-state index in [9.17, 15) is 29.1 Å². The van der Waals surface area contributed by atoms with Gasteiger partial charge in [-0.25, -0.2) is 14.3 Å². The first kappa shape index (κ1) is 27.4. The normalized spacial score (nSPS) is 19.3. The molecular weight excluding hydrogens is 560 g/mol. The summed E-state index contributed by atoms with van der Waals surface area (Å²) in [4.78, 5) is 64.3. The number of thioether (sulfide) groups is 2. The van der Waals surface area contributed by atoms with E-state index < -0.39 is 53.8 Å². The average molecular weight is 583 g/mol. The van der Waals surface area contributed by atoms with Crippen molar-refractivity contribution in [3.8, 4) is 0 Å². The SMILES string of the molecule is CN(CC(=O)O)C(=O)NC(C(=O)N[C@H]1C(=O)N2C(C(=O)O)=C(CSc3nnnn3C)CSC12)c1cccs1. The zero-order chi connectivity index (χ0) is 27.6. The summed E-state index contributed by atoms with van der Waals surface area (Å²) < 4.78 is 1.45. The van der Waals surface area contributed by atoms with Gasteiger partial charge in [-0.15, -0.1) is 28.2 Å². The molecule has 0 spiro atoms. The third-order valence-electron chi connectivity index (χ3n) is 5.58. The predicted molar refractivity (Wildman–Crippen MR) is 135 cm³/mol. The van der Waals surface area contributed by atoms with Crippen molar-refractivity contribution in [2.45, 2.75) is 22.6 Å².